The van der Waals surface area contributed by atoms with E-state index < -0.39 is 0 Å². The van der Waals surface area contributed by atoms with Crippen molar-refractivity contribution in [1.29, 1.82) is 0 Å². The molecule has 0 saturated carbocycles. The Morgan fingerprint density at radius 1 is 1.15 bits per heavy atom. The third-order valence-electron chi connectivity index (χ3n) is 5.42. The molecule has 4 heterocycles. The normalized spacial score (nSPS) is 18.0. The first kappa shape index (κ1) is 17.9. The molecule has 0 spiro atoms. The number of aromatic nitrogens is 3. The van der Waals surface area contributed by atoms with Crippen molar-refractivity contribution in [2.45, 2.75) is 38.6 Å². The third kappa shape index (κ3) is 4.08. The molecule has 0 unspecified atom stereocenters. The van der Waals surface area contributed by atoms with Crippen molar-refractivity contribution in [2.24, 2.45) is 0 Å². The van der Waals surface area contributed by atoms with E-state index in [-0.39, 0.29) is 11.5 Å². The highest BCUT2D eigenvalue weighted by atomic mass is 16.2. The number of aromatic amines is 1. The molecule has 1 fully saturated rings. The molecule has 2 aromatic rings. The van der Waals surface area contributed by atoms with Gasteiger partial charge in [-0.2, -0.15) is 0 Å². The molecule has 0 aliphatic carbocycles. The summed E-state index contributed by atoms with van der Waals surface area (Å²) in [6.45, 7) is 3.45. The number of likely N-dealkylation sites (tertiary alicyclic amines) is 1. The minimum atomic E-state index is -0.113. The van der Waals surface area contributed by atoms with Gasteiger partial charge in [0.1, 0.15) is 5.82 Å². The zero-order valence-electron chi connectivity index (χ0n) is 15.5. The van der Waals surface area contributed by atoms with E-state index >= 15 is 0 Å². The summed E-state index contributed by atoms with van der Waals surface area (Å²) in [5, 5.41) is 0. The number of pyridine rings is 1. The van der Waals surface area contributed by atoms with Crippen LogP contribution < -0.4 is 5.56 Å². The SMILES string of the molecule is O=C(CN1CCCCCC1)N1CCc2c(nc(-c3cccnc3)[nH]c2=O)C1. The molecule has 2 aliphatic heterocycles. The number of carbonyl (C=O) groups is 1. The molecular formula is C20H25N5O2. The number of nitrogens with zero attached hydrogens (tertiary/aromatic N) is 4. The van der Waals surface area contributed by atoms with Gasteiger partial charge in [-0.25, -0.2) is 4.98 Å². The van der Waals surface area contributed by atoms with Crippen molar-refractivity contribution in [3.05, 3.63) is 46.1 Å². The van der Waals surface area contributed by atoms with Gasteiger partial charge in [-0.3, -0.25) is 19.5 Å². The fraction of sp³-hybridized carbons (Fsp3) is 0.500. The van der Waals surface area contributed by atoms with Crippen LogP contribution >= 0.6 is 0 Å². The van der Waals surface area contributed by atoms with E-state index in [0.29, 0.717) is 43.1 Å². The highest BCUT2D eigenvalue weighted by Crippen LogP contribution is 2.19. The first-order valence-corrected chi connectivity index (χ1v) is 9.73. The van der Waals surface area contributed by atoms with E-state index in [1.165, 1.54) is 25.7 Å². The maximum Gasteiger partial charge on any atom is 0.254 e. The molecular weight excluding hydrogens is 342 g/mol. The highest BCUT2D eigenvalue weighted by Gasteiger charge is 2.26. The molecule has 0 bridgehead atoms. The van der Waals surface area contributed by atoms with E-state index in [4.69, 9.17) is 0 Å². The van der Waals surface area contributed by atoms with Gasteiger partial charge in [-0.15, -0.1) is 0 Å². The lowest BCUT2D eigenvalue weighted by Gasteiger charge is -2.30. The summed E-state index contributed by atoms with van der Waals surface area (Å²) in [6.07, 6.45) is 8.76. The Morgan fingerprint density at radius 3 is 2.70 bits per heavy atom. The molecule has 2 aromatic heterocycles. The zero-order chi connectivity index (χ0) is 18.6. The van der Waals surface area contributed by atoms with Crippen LogP contribution in [0.15, 0.2) is 29.3 Å². The Balaban J connectivity index is 1.51. The van der Waals surface area contributed by atoms with Gasteiger partial charge in [-0.1, -0.05) is 12.8 Å². The second-order valence-corrected chi connectivity index (χ2v) is 7.34. The second kappa shape index (κ2) is 8.00. The molecule has 0 atom stereocenters. The average Bonchev–Trinajstić information content (AvgIpc) is 2.97. The fourth-order valence-corrected chi connectivity index (χ4v) is 3.88. The molecule has 27 heavy (non-hydrogen) atoms. The van der Waals surface area contributed by atoms with Crippen LogP contribution in [0.2, 0.25) is 0 Å². The molecule has 7 nitrogen and oxygen atoms in total. The van der Waals surface area contributed by atoms with Crippen molar-refractivity contribution in [2.75, 3.05) is 26.2 Å². The van der Waals surface area contributed by atoms with Gasteiger partial charge in [0, 0.05) is 30.1 Å². The molecule has 142 valence electrons. The summed E-state index contributed by atoms with van der Waals surface area (Å²) in [7, 11) is 0. The minimum absolute atomic E-state index is 0.113. The van der Waals surface area contributed by atoms with Crippen LogP contribution in [0.5, 0.6) is 0 Å². The first-order valence-electron chi connectivity index (χ1n) is 9.73. The second-order valence-electron chi connectivity index (χ2n) is 7.34. The molecule has 2 aliphatic rings. The Kier molecular flexibility index (Phi) is 5.29. The van der Waals surface area contributed by atoms with E-state index in [1.807, 2.05) is 17.0 Å². The summed E-state index contributed by atoms with van der Waals surface area (Å²) in [5.41, 5.74) is 2.05. The number of H-pyrrole nitrogens is 1. The van der Waals surface area contributed by atoms with Gasteiger partial charge in [0.15, 0.2) is 0 Å². The Bertz CT molecular complexity index is 856. The van der Waals surface area contributed by atoms with Crippen LogP contribution in [-0.2, 0) is 17.8 Å². The van der Waals surface area contributed by atoms with Gasteiger partial charge in [-0.05, 0) is 44.5 Å². The number of nitrogens with one attached hydrogen (secondary N) is 1. The van der Waals surface area contributed by atoms with E-state index in [1.54, 1.807) is 12.4 Å². The van der Waals surface area contributed by atoms with Crippen LogP contribution in [0, 0.1) is 0 Å². The number of rotatable bonds is 3. The van der Waals surface area contributed by atoms with Gasteiger partial charge >= 0.3 is 0 Å². The number of hydrogen-bond donors (Lipinski definition) is 1. The smallest absolute Gasteiger partial charge is 0.254 e. The van der Waals surface area contributed by atoms with E-state index in [9.17, 15) is 9.59 Å². The quantitative estimate of drug-likeness (QED) is 0.891. The predicted octanol–water partition coefficient (Wildman–Crippen LogP) is 1.59. The first-order chi connectivity index (χ1) is 13.2. The predicted molar refractivity (Wildman–Crippen MR) is 102 cm³/mol. The summed E-state index contributed by atoms with van der Waals surface area (Å²) in [6, 6.07) is 3.68. The molecule has 0 aromatic carbocycles. The molecule has 1 amide bonds. The molecule has 4 rings (SSSR count). The van der Waals surface area contributed by atoms with Crippen LogP contribution in [-0.4, -0.2) is 56.8 Å². The van der Waals surface area contributed by atoms with Gasteiger partial charge in [0.2, 0.25) is 5.91 Å². The Morgan fingerprint density at radius 2 is 1.96 bits per heavy atom. The number of fused-ring (bicyclic) bond motifs is 1. The zero-order valence-corrected chi connectivity index (χ0v) is 15.5. The van der Waals surface area contributed by atoms with Crippen molar-refractivity contribution >= 4 is 5.91 Å². The lowest BCUT2D eigenvalue weighted by molar-refractivity contribution is -0.133. The molecule has 7 heteroatoms. The van der Waals surface area contributed by atoms with Gasteiger partial charge in [0.05, 0.1) is 18.8 Å². The van der Waals surface area contributed by atoms with E-state index in [0.717, 1.165) is 18.7 Å². The molecule has 1 saturated heterocycles. The third-order valence-corrected chi connectivity index (χ3v) is 5.42. The molecule has 0 radical (unpaired) electrons. The number of hydrogen-bond acceptors (Lipinski definition) is 5. The molecule has 1 N–H and O–H groups in total. The summed E-state index contributed by atoms with van der Waals surface area (Å²) < 4.78 is 0. The van der Waals surface area contributed by atoms with Crippen molar-refractivity contribution in [3.63, 3.8) is 0 Å². The van der Waals surface area contributed by atoms with Gasteiger partial charge in [0.25, 0.3) is 5.56 Å². The minimum Gasteiger partial charge on any atom is -0.335 e. The maximum absolute atomic E-state index is 12.8. The number of amides is 1. The van der Waals surface area contributed by atoms with Crippen LogP contribution in [0.25, 0.3) is 11.4 Å². The largest absolute Gasteiger partial charge is 0.335 e. The Hall–Kier alpha value is -2.54. The number of carbonyl (C=O) groups excluding carboxylic acids is 1. The fourth-order valence-electron chi connectivity index (χ4n) is 3.88. The van der Waals surface area contributed by atoms with Crippen molar-refractivity contribution in [1.82, 2.24) is 24.8 Å². The van der Waals surface area contributed by atoms with Crippen molar-refractivity contribution < 1.29 is 4.79 Å². The lowest BCUT2D eigenvalue weighted by atomic mass is 10.1. The van der Waals surface area contributed by atoms with Crippen LogP contribution in [0.4, 0.5) is 0 Å². The van der Waals surface area contributed by atoms with Gasteiger partial charge < -0.3 is 9.88 Å². The monoisotopic (exact) mass is 367 g/mol. The maximum atomic E-state index is 12.8. The highest BCUT2D eigenvalue weighted by molar-refractivity contribution is 5.78. The lowest BCUT2D eigenvalue weighted by Crippen LogP contribution is -2.44. The summed E-state index contributed by atoms with van der Waals surface area (Å²) in [5.74, 6) is 0.640. The van der Waals surface area contributed by atoms with Crippen LogP contribution in [0.1, 0.15) is 36.9 Å². The van der Waals surface area contributed by atoms with Crippen molar-refractivity contribution in [3.8, 4) is 11.4 Å². The van der Waals surface area contributed by atoms with Crippen LogP contribution in [0.3, 0.4) is 0 Å². The summed E-state index contributed by atoms with van der Waals surface area (Å²) >= 11 is 0. The topological polar surface area (TPSA) is 82.2 Å². The van der Waals surface area contributed by atoms with E-state index in [2.05, 4.69) is 19.9 Å². The standard InChI is InChI=1S/C20H25N5O2/c26-18(14-24-9-3-1-2-4-10-24)25-11-7-16-17(13-25)22-19(23-20(16)27)15-6-5-8-21-12-15/h5-6,8,12H,1-4,7,9-11,13-14H2,(H,22,23,27). The Labute approximate surface area is 158 Å². The summed E-state index contributed by atoms with van der Waals surface area (Å²) in [4.78, 5) is 40.9. The average molecular weight is 367 g/mol.